The first-order chi connectivity index (χ1) is 15.6. The number of nitrogens with zero attached hydrogens (tertiary/aromatic N) is 1. The maximum atomic E-state index is 12.4. The van der Waals surface area contributed by atoms with Gasteiger partial charge in [-0.1, -0.05) is 51.7 Å². The number of benzene rings is 2. The third kappa shape index (κ3) is 8.65. The van der Waals surface area contributed by atoms with E-state index in [0.29, 0.717) is 30.3 Å². The number of hydrogen-bond acceptors (Lipinski definition) is 4. The summed E-state index contributed by atoms with van der Waals surface area (Å²) in [5, 5.41) is 4.12. The Kier molecular flexibility index (Phi) is 11.9. The van der Waals surface area contributed by atoms with Crippen LogP contribution in [-0.2, 0) is 6.42 Å². The predicted octanol–water partition coefficient (Wildman–Crippen LogP) is 6.91. The third-order valence-corrected chi connectivity index (χ3v) is 5.58. The van der Waals surface area contributed by atoms with Crippen molar-refractivity contribution in [3.8, 4) is 11.5 Å². The fourth-order valence-corrected chi connectivity index (χ4v) is 3.78. The lowest BCUT2D eigenvalue weighted by molar-refractivity contribution is 0.0955. The van der Waals surface area contributed by atoms with Gasteiger partial charge in [0.2, 0.25) is 0 Å². The highest BCUT2D eigenvalue weighted by atomic mass is 79.9. The Balaban J connectivity index is 1.99. The second-order valence-electron chi connectivity index (χ2n) is 7.67. The Morgan fingerprint density at radius 2 is 1.75 bits per heavy atom. The van der Waals surface area contributed by atoms with Crippen molar-refractivity contribution in [1.82, 2.24) is 5.43 Å². The molecule has 0 radical (unpaired) electrons. The molecular weight excluding hydrogens is 468 g/mol. The normalized spacial score (nSPS) is 11.0. The molecule has 174 valence electrons. The molecule has 1 N–H and O–H groups in total. The van der Waals surface area contributed by atoms with E-state index in [0.717, 1.165) is 42.1 Å². The van der Waals surface area contributed by atoms with Crippen molar-refractivity contribution in [2.75, 3.05) is 13.2 Å². The van der Waals surface area contributed by atoms with E-state index in [-0.39, 0.29) is 5.91 Å². The lowest BCUT2D eigenvalue weighted by atomic mass is 10.1. The van der Waals surface area contributed by atoms with Gasteiger partial charge in [0.25, 0.3) is 5.91 Å². The molecule has 0 aromatic heterocycles. The lowest BCUT2D eigenvalue weighted by Crippen LogP contribution is -2.17. The number of nitrogens with one attached hydrogen (secondary N) is 1. The van der Waals surface area contributed by atoms with Crippen LogP contribution in [0.3, 0.4) is 0 Å². The van der Waals surface area contributed by atoms with E-state index < -0.39 is 0 Å². The van der Waals surface area contributed by atoms with Crippen LogP contribution in [0.4, 0.5) is 0 Å². The van der Waals surface area contributed by atoms with Gasteiger partial charge < -0.3 is 9.47 Å². The molecule has 2 aromatic carbocycles. The van der Waals surface area contributed by atoms with E-state index in [4.69, 9.17) is 9.47 Å². The van der Waals surface area contributed by atoms with Crippen molar-refractivity contribution in [1.29, 1.82) is 0 Å². The van der Waals surface area contributed by atoms with Gasteiger partial charge in [-0.15, -0.1) is 0 Å². The summed E-state index contributed by atoms with van der Waals surface area (Å²) < 4.78 is 12.5. The van der Waals surface area contributed by atoms with E-state index in [1.54, 1.807) is 6.21 Å². The molecule has 0 aliphatic carbocycles. The summed E-state index contributed by atoms with van der Waals surface area (Å²) in [6.07, 6.45) is 9.53. The number of hydrazone groups is 1. The molecule has 0 spiro atoms. The average Bonchev–Trinajstić information content (AvgIpc) is 2.79. The van der Waals surface area contributed by atoms with Crippen LogP contribution in [0.15, 0.2) is 46.0 Å². The summed E-state index contributed by atoms with van der Waals surface area (Å²) in [5.41, 5.74) is 5.22. The molecule has 0 aliphatic rings. The molecule has 0 heterocycles. The number of halogens is 1. The fraction of sp³-hybridized carbons (Fsp3) is 0.462. The number of carbonyl (C=O) groups excluding carboxylic acids is 1. The Morgan fingerprint density at radius 1 is 1.00 bits per heavy atom. The number of ether oxygens (including phenoxy) is 2. The first-order valence-corrected chi connectivity index (χ1v) is 12.4. The topological polar surface area (TPSA) is 59.9 Å². The van der Waals surface area contributed by atoms with Crippen LogP contribution in [0, 0.1) is 0 Å². The molecule has 2 aromatic rings. The van der Waals surface area contributed by atoms with E-state index in [9.17, 15) is 4.79 Å². The van der Waals surface area contributed by atoms with Crippen molar-refractivity contribution < 1.29 is 14.3 Å². The van der Waals surface area contributed by atoms with Gasteiger partial charge in [-0.2, -0.15) is 5.10 Å². The average molecular weight is 503 g/mol. The largest absolute Gasteiger partial charge is 0.490 e. The summed E-state index contributed by atoms with van der Waals surface area (Å²) in [6.45, 7) is 7.49. The quantitative estimate of drug-likeness (QED) is 0.173. The molecule has 5 nitrogen and oxygen atoms in total. The molecule has 0 bridgehead atoms. The monoisotopic (exact) mass is 502 g/mol. The Morgan fingerprint density at radius 3 is 2.44 bits per heavy atom. The van der Waals surface area contributed by atoms with Gasteiger partial charge >= 0.3 is 0 Å². The van der Waals surface area contributed by atoms with Crippen LogP contribution in [0.1, 0.15) is 80.8 Å². The molecule has 1 amide bonds. The number of amides is 1. The highest BCUT2D eigenvalue weighted by Gasteiger charge is 2.12. The standard InChI is InChI=1S/C26H35BrN2O3/c1-4-7-9-10-16-32-25-23(27)17-21(18-24(25)31-6-3)19-28-29-26(30)22-14-12-20(13-15-22)11-8-5-2/h12-15,17-19H,4-11,16H2,1-3H3,(H,29,30)/b28-19+. The highest BCUT2D eigenvalue weighted by molar-refractivity contribution is 9.10. The predicted molar refractivity (Wildman–Crippen MR) is 135 cm³/mol. The van der Waals surface area contributed by atoms with Gasteiger partial charge in [-0.05, 0) is 77.5 Å². The second kappa shape index (κ2) is 14.7. The van der Waals surface area contributed by atoms with Crippen LogP contribution in [-0.4, -0.2) is 25.3 Å². The number of carbonyl (C=O) groups is 1. The first kappa shape index (κ1) is 25.9. The van der Waals surface area contributed by atoms with Gasteiger partial charge in [-0.3, -0.25) is 4.79 Å². The van der Waals surface area contributed by atoms with Gasteiger partial charge in [-0.25, -0.2) is 5.43 Å². The molecule has 6 heteroatoms. The SMILES string of the molecule is CCCCCCOc1c(Br)cc(/C=N/NC(=O)c2ccc(CCCC)cc2)cc1OCC. The summed E-state index contributed by atoms with van der Waals surface area (Å²) in [4.78, 5) is 12.4. The molecule has 0 fully saturated rings. The number of rotatable bonds is 14. The van der Waals surface area contributed by atoms with Gasteiger partial charge in [0.1, 0.15) is 0 Å². The molecule has 2 rings (SSSR count). The number of hydrogen-bond donors (Lipinski definition) is 1. The third-order valence-electron chi connectivity index (χ3n) is 4.99. The van der Waals surface area contributed by atoms with Gasteiger partial charge in [0.05, 0.1) is 23.9 Å². The van der Waals surface area contributed by atoms with Crippen LogP contribution >= 0.6 is 15.9 Å². The van der Waals surface area contributed by atoms with E-state index in [1.807, 2.05) is 43.3 Å². The number of aryl methyl sites for hydroxylation is 1. The van der Waals surface area contributed by atoms with Crippen molar-refractivity contribution in [3.63, 3.8) is 0 Å². The Labute approximate surface area is 200 Å². The summed E-state index contributed by atoms with van der Waals surface area (Å²) in [5.74, 6) is 1.12. The zero-order valence-electron chi connectivity index (χ0n) is 19.5. The summed E-state index contributed by atoms with van der Waals surface area (Å²) >= 11 is 3.58. The zero-order valence-corrected chi connectivity index (χ0v) is 21.0. The van der Waals surface area contributed by atoms with Crippen molar-refractivity contribution in [2.45, 2.75) is 65.7 Å². The van der Waals surface area contributed by atoms with E-state index >= 15 is 0 Å². The van der Waals surface area contributed by atoms with Crippen molar-refractivity contribution in [2.24, 2.45) is 5.10 Å². The summed E-state index contributed by atoms with van der Waals surface area (Å²) in [7, 11) is 0. The van der Waals surface area contributed by atoms with Crippen LogP contribution < -0.4 is 14.9 Å². The van der Waals surface area contributed by atoms with Crippen LogP contribution in [0.25, 0.3) is 0 Å². The molecule has 0 aliphatic heterocycles. The van der Waals surface area contributed by atoms with Gasteiger partial charge in [0, 0.05) is 5.56 Å². The highest BCUT2D eigenvalue weighted by Crippen LogP contribution is 2.36. The maximum Gasteiger partial charge on any atom is 0.271 e. The van der Waals surface area contributed by atoms with E-state index in [2.05, 4.69) is 40.3 Å². The van der Waals surface area contributed by atoms with Crippen molar-refractivity contribution >= 4 is 28.1 Å². The molecule has 0 saturated heterocycles. The maximum absolute atomic E-state index is 12.4. The minimum Gasteiger partial charge on any atom is -0.490 e. The number of unbranched alkanes of at least 4 members (excludes halogenated alkanes) is 4. The molecule has 32 heavy (non-hydrogen) atoms. The second-order valence-corrected chi connectivity index (χ2v) is 8.53. The minimum absolute atomic E-state index is 0.237. The minimum atomic E-state index is -0.237. The van der Waals surface area contributed by atoms with Gasteiger partial charge in [0.15, 0.2) is 11.5 Å². The molecular formula is C26H35BrN2O3. The Bertz CT molecular complexity index is 866. The molecule has 0 saturated carbocycles. The molecule has 0 unspecified atom stereocenters. The smallest absolute Gasteiger partial charge is 0.271 e. The van der Waals surface area contributed by atoms with Crippen molar-refractivity contribution in [3.05, 3.63) is 57.6 Å². The van der Waals surface area contributed by atoms with Crippen LogP contribution in [0.2, 0.25) is 0 Å². The Hall–Kier alpha value is -2.34. The van der Waals surface area contributed by atoms with Crippen LogP contribution in [0.5, 0.6) is 11.5 Å². The zero-order chi connectivity index (χ0) is 23.2. The van der Waals surface area contributed by atoms with E-state index in [1.165, 1.54) is 18.4 Å². The first-order valence-electron chi connectivity index (χ1n) is 11.6. The lowest BCUT2D eigenvalue weighted by Gasteiger charge is -2.14. The summed E-state index contributed by atoms with van der Waals surface area (Å²) in [6, 6.07) is 11.5. The fourth-order valence-electron chi connectivity index (χ4n) is 3.20. The molecule has 0 atom stereocenters.